The van der Waals surface area contributed by atoms with E-state index in [9.17, 15) is 4.79 Å². The summed E-state index contributed by atoms with van der Waals surface area (Å²) < 4.78 is 0. The molecule has 0 saturated carbocycles. The van der Waals surface area contributed by atoms with Crippen molar-refractivity contribution in [3.63, 3.8) is 0 Å². The number of aromatic amines is 1. The third-order valence-corrected chi connectivity index (χ3v) is 1.94. The van der Waals surface area contributed by atoms with Gasteiger partial charge in [0.2, 0.25) is 6.08 Å². The zero-order valence-electron chi connectivity index (χ0n) is 6.95. The first-order valence-electron chi connectivity index (χ1n) is 4.00. The Bertz CT molecular complexity index is 466. The van der Waals surface area contributed by atoms with E-state index in [0.717, 1.165) is 16.5 Å². The zero-order valence-corrected chi connectivity index (χ0v) is 6.95. The Morgan fingerprint density at radius 3 is 3.15 bits per heavy atom. The van der Waals surface area contributed by atoms with Crippen LogP contribution in [0, 0.1) is 0 Å². The third kappa shape index (κ3) is 1.50. The maximum absolute atomic E-state index is 9.89. The first-order valence-corrected chi connectivity index (χ1v) is 4.00. The number of nitrogens with zero attached hydrogens (tertiary/aromatic N) is 1. The molecule has 1 N–H and O–H groups in total. The largest absolute Gasteiger partial charge is 0.361 e. The average molecular weight is 172 g/mol. The van der Waals surface area contributed by atoms with Crippen LogP contribution in [0.3, 0.4) is 0 Å². The molecule has 3 heteroatoms. The molecule has 0 aliphatic rings. The Labute approximate surface area is 75.1 Å². The van der Waals surface area contributed by atoms with Gasteiger partial charge in [-0.25, -0.2) is 9.79 Å². The highest BCUT2D eigenvalue weighted by Crippen LogP contribution is 2.14. The van der Waals surface area contributed by atoms with E-state index in [0.29, 0.717) is 6.54 Å². The highest BCUT2D eigenvalue weighted by molar-refractivity contribution is 5.79. The summed E-state index contributed by atoms with van der Waals surface area (Å²) in [6.45, 7) is 0.407. The molecule has 1 heterocycles. The minimum atomic E-state index is 0.407. The van der Waals surface area contributed by atoms with Crippen molar-refractivity contribution >= 4 is 17.0 Å². The summed E-state index contributed by atoms with van der Waals surface area (Å²) >= 11 is 0. The van der Waals surface area contributed by atoms with Crippen LogP contribution in [0.1, 0.15) is 5.56 Å². The van der Waals surface area contributed by atoms with Crippen LogP contribution in [0.4, 0.5) is 0 Å². The Kier molecular flexibility index (Phi) is 1.94. The second-order valence-electron chi connectivity index (χ2n) is 2.81. The Morgan fingerprint density at radius 1 is 1.38 bits per heavy atom. The lowest BCUT2D eigenvalue weighted by Gasteiger charge is -1.94. The lowest BCUT2D eigenvalue weighted by molar-refractivity contribution is 0.563. The quantitative estimate of drug-likeness (QED) is 0.546. The van der Waals surface area contributed by atoms with Crippen LogP contribution in [-0.4, -0.2) is 11.1 Å². The summed E-state index contributed by atoms with van der Waals surface area (Å²) in [4.78, 5) is 16.5. The van der Waals surface area contributed by atoms with E-state index >= 15 is 0 Å². The van der Waals surface area contributed by atoms with Gasteiger partial charge in [-0.2, -0.15) is 0 Å². The Hall–Kier alpha value is -1.86. The number of isocyanates is 1. The van der Waals surface area contributed by atoms with Gasteiger partial charge >= 0.3 is 0 Å². The van der Waals surface area contributed by atoms with Crippen LogP contribution in [0.2, 0.25) is 0 Å². The van der Waals surface area contributed by atoms with Gasteiger partial charge in [-0.15, -0.1) is 0 Å². The number of hydrogen-bond donors (Lipinski definition) is 1. The lowest BCUT2D eigenvalue weighted by atomic mass is 10.1. The summed E-state index contributed by atoms with van der Waals surface area (Å²) in [6.07, 6.45) is 3.41. The molecular weight excluding hydrogens is 164 g/mol. The molecule has 0 unspecified atom stereocenters. The minimum absolute atomic E-state index is 0.407. The van der Waals surface area contributed by atoms with Crippen LogP contribution in [0.5, 0.6) is 0 Å². The van der Waals surface area contributed by atoms with E-state index in [-0.39, 0.29) is 0 Å². The van der Waals surface area contributed by atoms with Gasteiger partial charge in [0.15, 0.2) is 0 Å². The summed E-state index contributed by atoms with van der Waals surface area (Å²) in [5, 5.41) is 1.14. The average Bonchev–Trinajstić information content (AvgIpc) is 2.61. The third-order valence-electron chi connectivity index (χ3n) is 1.94. The molecular formula is C10H8N2O. The summed E-state index contributed by atoms with van der Waals surface area (Å²) in [5.41, 5.74) is 2.12. The van der Waals surface area contributed by atoms with Crippen molar-refractivity contribution in [3.8, 4) is 0 Å². The monoisotopic (exact) mass is 172 g/mol. The van der Waals surface area contributed by atoms with Crippen LogP contribution in [0.15, 0.2) is 35.5 Å². The summed E-state index contributed by atoms with van der Waals surface area (Å²) in [6, 6.07) is 7.92. The number of aliphatic imine (C=N–C) groups is 1. The van der Waals surface area contributed by atoms with Crippen molar-refractivity contribution < 1.29 is 4.79 Å². The van der Waals surface area contributed by atoms with Crippen LogP contribution in [0.25, 0.3) is 10.9 Å². The van der Waals surface area contributed by atoms with Gasteiger partial charge in [0.05, 0.1) is 6.54 Å². The van der Waals surface area contributed by atoms with Crippen LogP contribution < -0.4 is 0 Å². The first kappa shape index (κ1) is 7.77. The molecule has 0 amide bonds. The van der Waals surface area contributed by atoms with E-state index in [1.54, 1.807) is 0 Å². The summed E-state index contributed by atoms with van der Waals surface area (Å²) in [7, 11) is 0. The number of nitrogens with one attached hydrogen (secondary N) is 1. The molecule has 0 atom stereocenters. The van der Waals surface area contributed by atoms with Crippen molar-refractivity contribution in [1.82, 2.24) is 4.98 Å². The van der Waals surface area contributed by atoms with Gasteiger partial charge in [-0.3, -0.25) is 0 Å². The van der Waals surface area contributed by atoms with Gasteiger partial charge in [0.1, 0.15) is 0 Å². The fourth-order valence-corrected chi connectivity index (χ4v) is 1.32. The minimum Gasteiger partial charge on any atom is -0.361 e. The molecule has 13 heavy (non-hydrogen) atoms. The van der Waals surface area contributed by atoms with E-state index < -0.39 is 0 Å². The van der Waals surface area contributed by atoms with Gasteiger partial charge in [-0.1, -0.05) is 6.07 Å². The number of aromatic nitrogens is 1. The van der Waals surface area contributed by atoms with Gasteiger partial charge < -0.3 is 4.98 Å². The molecule has 0 spiro atoms. The lowest BCUT2D eigenvalue weighted by Crippen LogP contribution is -1.79. The maximum atomic E-state index is 9.89. The van der Waals surface area contributed by atoms with Crippen molar-refractivity contribution in [2.24, 2.45) is 4.99 Å². The highest BCUT2D eigenvalue weighted by Gasteiger charge is 1.95. The fraction of sp³-hybridized carbons (Fsp3) is 0.100. The summed E-state index contributed by atoms with van der Waals surface area (Å²) in [5.74, 6) is 0. The number of rotatable bonds is 2. The van der Waals surface area contributed by atoms with Crippen molar-refractivity contribution in [2.75, 3.05) is 0 Å². The fourth-order valence-electron chi connectivity index (χ4n) is 1.32. The first-order chi connectivity index (χ1) is 6.40. The molecule has 0 bridgehead atoms. The van der Waals surface area contributed by atoms with Gasteiger partial charge in [0.25, 0.3) is 0 Å². The predicted molar refractivity (Wildman–Crippen MR) is 50.1 cm³/mol. The molecule has 64 valence electrons. The van der Waals surface area contributed by atoms with Crippen molar-refractivity contribution in [1.29, 1.82) is 0 Å². The molecule has 0 aliphatic carbocycles. The van der Waals surface area contributed by atoms with Gasteiger partial charge in [0, 0.05) is 11.7 Å². The predicted octanol–water partition coefficient (Wildman–Crippen LogP) is 2.00. The highest BCUT2D eigenvalue weighted by atomic mass is 16.1. The molecule has 1 aromatic carbocycles. The van der Waals surface area contributed by atoms with Crippen molar-refractivity contribution in [3.05, 3.63) is 36.0 Å². The smallest absolute Gasteiger partial charge is 0.235 e. The topological polar surface area (TPSA) is 45.2 Å². The SMILES string of the molecule is O=C=NCc1ccc2[nH]ccc2c1. The number of fused-ring (bicyclic) bond motifs is 1. The number of H-pyrrole nitrogens is 1. The number of hydrogen-bond acceptors (Lipinski definition) is 2. The maximum Gasteiger partial charge on any atom is 0.235 e. The van der Waals surface area contributed by atoms with E-state index in [2.05, 4.69) is 9.98 Å². The van der Waals surface area contributed by atoms with Crippen LogP contribution in [-0.2, 0) is 11.3 Å². The van der Waals surface area contributed by atoms with Crippen LogP contribution >= 0.6 is 0 Å². The molecule has 0 aliphatic heterocycles. The molecule has 0 radical (unpaired) electrons. The van der Waals surface area contributed by atoms with E-state index in [4.69, 9.17) is 0 Å². The second kappa shape index (κ2) is 3.25. The molecule has 0 fully saturated rings. The van der Waals surface area contributed by atoms with E-state index in [1.165, 1.54) is 6.08 Å². The van der Waals surface area contributed by atoms with E-state index in [1.807, 2.05) is 30.5 Å². The second-order valence-corrected chi connectivity index (χ2v) is 2.81. The normalized spacial score (nSPS) is 9.85. The Balaban J connectivity index is 2.42. The Morgan fingerprint density at radius 2 is 2.31 bits per heavy atom. The molecule has 0 saturated heterocycles. The molecule has 2 aromatic rings. The number of benzene rings is 1. The molecule has 3 nitrogen and oxygen atoms in total. The van der Waals surface area contributed by atoms with Crippen molar-refractivity contribution in [2.45, 2.75) is 6.54 Å². The standard InChI is InChI=1S/C10H8N2O/c13-7-11-6-8-1-2-10-9(5-8)3-4-12-10/h1-5,12H,6H2. The zero-order chi connectivity index (χ0) is 9.10. The van der Waals surface area contributed by atoms with Gasteiger partial charge in [-0.05, 0) is 29.1 Å². The molecule has 2 rings (SSSR count). The number of carbonyl (C=O) groups excluding carboxylic acids is 1. The molecule has 1 aromatic heterocycles.